The summed E-state index contributed by atoms with van der Waals surface area (Å²) >= 11 is 0. The minimum atomic E-state index is 0.577. The van der Waals surface area contributed by atoms with Crippen LogP contribution >= 0.6 is 0 Å². The number of rotatable bonds is 2. The quantitative estimate of drug-likeness (QED) is 0.829. The fourth-order valence-electron chi connectivity index (χ4n) is 2.43. The molecule has 0 aromatic carbocycles. The highest BCUT2D eigenvalue weighted by molar-refractivity contribution is 5.60. The summed E-state index contributed by atoms with van der Waals surface area (Å²) in [6, 6.07) is 0.577. The highest BCUT2D eigenvalue weighted by Crippen LogP contribution is 2.30. The first-order chi connectivity index (χ1) is 7.68. The van der Waals surface area contributed by atoms with Gasteiger partial charge in [-0.25, -0.2) is 9.97 Å². The van der Waals surface area contributed by atoms with E-state index in [1.54, 1.807) is 12.5 Å². The van der Waals surface area contributed by atoms with E-state index in [-0.39, 0.29) is 0 Å². The Morgan fingerprint density at radius 2 is 2.00 bits per heavy atom. The van der Waals surface area contributed by atoms with E-state index in [1.165, 1.54) is 25.7 Å². The zero-order valence-electron chi connectivity index (χ0n) is 10.1. The van der Waals surface area contributed by atoms with Crippen LogP contribution in [0, 0.1) is 5.92 Å². The number of nitrogens with two attached hydrogens (primary N) is 1. The zero-order valence-corrected chi connectivity index (χ0v) is 10.1. The molecule has 1 aliphatic rings. The van der Waals surface area contributed by atoms with Crippen LogP contribution < -0.4 is 10.6 Å². The maximum absolute atomic E-state index is 5.89. The molecule has 1 aromatic rings. The topological polar surface area (TPSA) is 55.0 Å². The van der Waals surface area contributed by atoms with Crippen LogP contribution in [0.5, 0.6) is 0 Å². The lowest BCUT2D eigenvalue weighted by Gasteiger charge is -2.34. The molecule has 1 saturated carbocycles. The lowest BCUT2D eigenvalue weighted by molar-refractivity contribution is 0.340. The van der Waals surface area contributed by atoms with Crippen molar-refractivity contribution in [2.24, 2.45) is 5.92 Å². The van der Waals surface area contributed by atoms with Crippen molar-refractivity contribution in [1.82, 2.24) is 9.97 Å². The Morgan fingerprint density at radius 1 is 1.31 bits per heavy atom. The first kappa shape index (κ1) is 11.2. The van der Waals surface area contributed by atoms with Gasteiger partial charge >= 0.3 is 0 Å². The van der Waals surface area contributed by atoms with Gasteiger partial charge in [0, 0.05) is 13.1 Å². The van der Waals surface area contributed by atoms with Gasteiger partial charge in [-0.15, -0.1) is 0 Å². The maximum atomic E-state index is 5.89. The third kappa shape index (κ3) is 2.26. The third-order valence-corrected chi connectivity index (χ3v) is 3.59. The number of nitrogens with zero attached hydrogens (tertiary/aromatic N) is 3. The number of hydrogen-bond acceptors (Lipinski definition) is 4. The van der Waals surface area contributed by atoms with E-state index in [1.807, 2.05) is 0 Å². The molecule has 2 N–H and O–H groups in total. The van der Waals surface area contributed by atoms with Crippen molar-refractivity contribution >= 4 is 11.5 Å². The third-order valence-electron chi connectivity index (χ3n) is 3.59. The highest BCUT2D eigenvalue weighted by atomic mass is 15.2. The van der Waals surface area contributed by atoms with Crippen LogP contribution in [0.3, 0.4) is 0 Å². The molecule has 4 heteroatoms. The summed E-state index contributed by atoms with van der Waals surface area (Å²) in [6.45, 7) is 2.33. The molecule has 1 heterocycles. The summed E-state index contributed by atoms with van der Waals surface area (Å²) < 4.78 is 0. The smallest absolute Gasteiger partial charge is 0.155 e. The summed E-state index contributed by atoms with van der Waals surface area (Å²) in [5.41, 5.74) is 6.56. The van der Waals surface area contributed by atoms with E-state index >= 15 is 0 Å². The molecule has 0 atom stereocenters. The standard InChI is InChI=1S/C12H20N4/c1-9-3-5-10(6-4-9)16(2)12-11(13)7-14-8-15-12/h7-10H,3-6,13H2,1-2H3. The fraction of sp³-hybridized carbons (Fsp3) is 0.667. The molecule has 16 heavy (non-hydrogen) atoms. The van der Waals surface area contributed by atoms with Crippen LogP contribution in [0.15, 0.2) is 12.5 Å². The first-order valence-electron chi connectivity index (χ1n) is 5.96. The van der Waals surface area contributed by atoms with Gasteiger partial charge in [0.15, 0.2) is 5.82 Å². The molecule has 2 rings (SSSR count). The van der Waals surface area contributed by atoms with Gasteiger partial charge in [0.05, 0.1) is 11.9 Å². The van der Waals surface area contributed by atoms with Gasteiger partial charge in [0.1, 0.15) is 6.33 Å². The van der Waals surface area contributed by atoms with Crippen LogP contribution in [-0.4, -0.2) is 23.1 Å². The largest absolute Gasteiger partial charge is 0.394 e. The predicted molar refractivity (Wildman–Crippen MR) is 66.3 cm³/mol. The summed E-state index contributed by atoms with van der Waals surface area (Å²) in [5.74, 6) is 1.74. The predicted octanol–water partition coefficient (Wildman–Crippen LogP) is 2.07. The molecule has 1 fully saturated rings. The molecule has 0 amide bonds. The number of hydrogen-bond donors (Lipinski definition) is 1. The molecule has 0 radical (unpaired) electrons. The Hall–Kier alpha value is -1.32. The van der Waals surface area contributed by atoms with Crippen LogP contribution in [0.4, 0.5) is 11.5 Å². The van der Waals surface area contributed by atoms with E-state index in [4.69, 9.17) is 5.73 Å². The van der Waals surface area contributed by atoms with Crippen molar-refractivity contribution in [3.63, 3.8) is 0 Å². The molecule has 0 bridgehead atoms. The normalized spacial score (nSPS) is 25.4. The van der Waals surface area contributed by atoms with Gasteiger partial charge in [-0.3, -0.25) is 0 Å². The second kappa shape index (κ2) is 4.68. The van der Waals surface area contributed by atoms with E-state index in [2.05, 4.69) is 28.8 Å². The summed E-state index contributed by atoms with van der Waals surface area (Å²) in [6.07, 6.45) is 8.32. The molecule has 0 saturated heterocycles. The maximum Gasteiger partial charge on any atom is 0.155 e. The Bertz CT molecular complexity index is 345. The van der Waals surface area contributed by atoms with Crippen LogP contribution in [0.25, 0.3) is 0 Å². The Morgan fingerprint density at radius 3 is 2.62 bits per heavy atom. The molecule has 0 aliphatic heterocycles. The first-order valence-corrected chi connectivity index (χ1v) is 5.96. The van der Waals surface area contributed by atoms with Gasteiger partial charge < -0.3 is 10.6 Å². The molecule has 0 unspecified atom stereocenters. The van der Waals surface area contributed by atoms with Gasteiger partial charge in [-0.05, 0) is 31.6 Å². The summed E-state index contributed by atoms with van der Waals surface area (Å²) in [7, 11) is 2.08. The minimum Gasteiger partial charge on any atom is -0.394 e. The monoisotopic (exact) mass is 220 g/mol. The Kier molecular flexibility index (Phi) is 3.27. The van der Waals surface area contributed by atoms with E-state index in [9.17, 15) is 0 Å². The average molecular weight is 220 g/mol. The van der Waals surface area contributed by atoms with Crippen molar-refractivity contribution in [2.45, 2.75) is 38.6 Å². The SMILES string of the molecule is CC1CCC(N(C)c2ncncc2N)CC1. The Balaban J connectivity index is 2.07. The lowest BCUT2D eigenvalue weighted by Crippen LogP contribution is -2.35. The second-order valence-corrected chi connectivity index (χ2v) is 4.83. The lowest BCUT2D eigenvalue weighted by atomic mass is 9.87. The highest BCUT2D eigenvalue weighted by Gasteiger charge is 2.23. The van der Waals surface area contributed by atoms with Crippen molar-refractivity contribution < 1.29 is 0 Å². The molecule has 4 nitrogen and oxygen atoms in total. The number of nitrogen functional groups attached to an aromatic ring is 1. The molecular weight excluding hydrogens is 200 g/mol. The molecule has 0 spiro atoms. The Labute approximate surface area is 96.9 Å². The van der Waals surface area contributed by atoms with Crippen molar-refractivity contribution in [1.29, 1.82) is 0 Å². The van der Waals surface area contributed by atoms with Gasteiger partial charge in [-0.2, -0.15) is 0 Å². The second-order valence-electron chi connectivity index (χ2n) is 4.83. The molecule has 88 valence electrons. The van der Waals surface area contributed by atoms with E-state index in [0.717, 1.165) is 11.7 Å². The van der Waals surface area contributed by atoms with E-state index in [0.29, 0.717) is 11.7 Å². The summed E-state index contributed by atoms with van der Waals surface area (Å²) in [4.78, 5) is 10.4. The van der Waals surface area contributed by atoms with Gasteiger partial charge in [0.2, 0.25) is 0 Å². The van der Waals surface area contributed by atoms with Crippen molar-refractivity contribution in [3.05, 3.63) is 12.5 Å². The van der Waals surface area contributed by atoms with Crippen LogP contribution in [0.1, 0.15) is 32.6 Å². The number of anilines is 2. The fourth-order valence-corrected chi connectivity index (χ4v) is 2.43. The van der Waals surface area contributed by atoms with Gasteiger partial charge in [0.25, 0.3) is 0 Å². The minimum absolute atomic E-state index is 0.577. The summed E-state index contributed by atoms with van der Waals surface area (Å²) in [5, 5.41) is 0. The van der Waals surface area contributed by atoms with Crippen LogP contribution in [-0.2, 0) is 0 Å². The zero-order chi connectivity index (χ0) is 11.5. The number of aromatic nitrogens is 2. The molecule has 1 aliphatic carbocycles. The average Bonchev–Trinajstić information content (AvgIpc) is 2.30. The van der Waals surface area contributed by atoms with E-state index < -0.39 is 0 Å². The molecule has 1 aromatic heterocycles. The molecular formula is C12H20N4. The van der Waals surface area contributed by atoms with Crippen molar-refractivity contribution in [2.75, 3.05) is 17.7 Å². The van der Waals surface area contributed by atoms with Crippen LogP contribution in [0.2, 0.25) is 0 Å². The van der Waals surface area contributed by atoms with Gasteiger partial charge in [-0.1, -0.05) is 6.92 Å². The van der Waals surface area contributed by atoms with Crippen molar-refractivity contribution in [3.8, 4) is 0 Å².